The summed E-state index contributed by atoms with van der Waals surface area (Å²) < 4.78 is 12.6. The van der Waals surface area contributed by atoms with E-state index in [-0.39, 0.29) is 12.5 Å². The molecule has 1 aromatic rings. The van der Waals surface area contributed by atoms with Crippen molar-refractivity contribution in [1.82, 2.24) is 4.90 Å². The molecule has 0 aliphatic heterocycles. The van der Waals surface area contributed by atoms with Gasteiger partial charge in [0.2, 0.25) is 0 Å². The average molecular weight is 169 g/mol. The van der Waals surface area contributed by atoms with Crippen LogP contribution in [-0.4, -0.2) is 23.8 Å². The van der Waals surface area contributed by atoms with Crippen molar-refractivity contribution in [3.63, 3.8) is 0 Å². The van der Waals surface area contributed by atoms with Crippen LogP contribution in [0.3, 0.4) is 0 Å². The Bertz CT molecular complexity index is 252. The highest BCUT2D eigenvalue weighted by atomic mass is 19.1. The number of aliphatic hydroxyl groups is 1. The van der Waals surface area contributed by atoms with Crippen molar-refractivity contribution in [2.24, 2.45) is 0 Å². The number of rotatable bonds is 3. The highest BCUT2D eigenvalue weighted by Crippen LogP contribution is 2.05. The van der Waals surface area contributed by atoms with E-state index in [9.17, 15) is 4.39 Å². The van der Waals surface area contributed by atoms with Crippen molar-refractivity contribution in [3.8, 4) is 0 Å². The summed E-state index contributed by atoms with van der Waals surface area (Å²) in [6.45, 7) is 0.546. The maximum absolute atomic E-state index is 12.6. The number of halogens is 1. The van der Waals surface area contributed by atoms with Gasteiger partial charge in [0.25, 0.3) is 0 Å². The van der Waals surface area contributed by atoms with Crippen LogP contribution in [-0.2, 0) is 6.54 Å². The second-order valence-corrected chi connectivity index (χ2v) is 2.79. The van der Waals surface area contributed by atoms with E-state index in [2.05, 4.69) is 0 Å². The average Bonchev–Trinajstić information content (AvgIpc) is 2.04. The van der Waals surface area contributed by atoms with Crippen LogP contribution in [0, 0.1) is 5.82 Å². The van der Waals surface area contributed by atoms with E-state index < -0.39 is 0 Å². The van der Waals surface area contributed by atoms with E-state index >= 15 is 0 Å². The first-order valence-corrected chi connectivity index (χ1v) is 3.76. The van der Waals surface area contributed by atoms with Gasteiger partial charge >= 0.3 is 0 Å². The van der Waals surface area contributed by atoms with Gasteiger partial charge in [-0.15, -0.1) is 0 Å². The molecule has 2 nitrogen and oxygen atoms in total. The fraction of sp³-hybridized carbons (Fsp3) is 0.333. The fourth-order valence-electron chi connectivity index (χ4n) is 0.997. The van der Waals surface area contributed by atoms with Crippen LogP contribution in [0.1, 0.15) is 5.56 Å². The molecule has 1 aromatic carbocycles. The van der Waals surface area contributed by atoms with Gasteiger partial charge in [0, 0.05) is 6.54 Å². The van der Waals surface area contributed by atoms with Crippen molar-refractivity contribution in [2.45, 2.75) is 6.54 Å². The molecule has 0 radical (unpaired) electrons. The molecule has 0 aromatic heterocycles. The first-order valence-electron chi connectivity index (χ1n) is 3.76. The van der Waals surface area contributed by atoms with Crippen LogP contribution < -0.4 is 0 Å². The zero-order valence-electron chi connectivity index (χ0n) is 7.00. The zero-order chi connectivity index (χ0) is 8.97. The Hall–Kier alpha value is -0.930. The predicted octanol–water partition coefficient (Wildman–Crippen LogP) is 1.21. The van der Waals surface area contributed by atoms with E-state index in [1.807, 2.05) is 6.07 Å². The third kappa shape index (κ3) is 2.60. The molecule has 0 saturated heterocycles. The van der Waals surface area contributed by atoms with Gasteiger partial charge in [0.15, 0.2) is 0 Å². The Morgan fingerprint density at radius 2 is 2.25 bits per heavy atom. The van der Waals surface area contributed by atoms with Gasteiger partial charge in [0.05, 0.1) is 6.73 Å². The molecule has 0 atom stereocenters. The lowest BCUT2D eigenvalue weighted by Crippen LogP contribution is -2.18. The van der Waals surface area contributed by atoms with Gasteiger partial charge < -0.3 is 5.11 Å². The molecule has 12 heavy (non-hydrogen) atoms. The van der Waals surface area contributed by atoms with Crippen LogP contribution in [0.2, 0.25) is 0 Å². The molecule has 0 aliphatic rings. The maximum Gasteiger partial charge on any atom is 0.123 e. The largest absolute Gasteiger partial charge is 0.381 e. The monoisotopic (exact) mass is 169 g/mol. The van der Waals surface area contributed by atoms with Gasteiger partial charge in [0.1, 0.15) is 5.82 Å². The SMILES string of the molecule is CN(CO)Cc1cccc(F)c1. The minimum atomic E-state index is -0.237. The lowest BCUT2D eigenvalue weighted by atomic mass is 10.2. The molecule has 0 unspecified atom stereocenters. The van der Waals surface area contributed by atoms with Gasteiger partial charge in [-0.1, -0.05) is 12.1 Å². The summed E-state index contributed by atoms with van der Waals surface area (Å²) in [6.07, 6.45) is 0. The van der Waals surface area contributed by atoms with Crippen molar-refractivity contribution in [1.29, 1.82) is 0 Å². The normalized spacial score (nSPS) is 10.7. The summed E-state index contributed by atoms with van der Waals surface area (Å²) in [4.78, 5) is 1.69. The lowest BCUT2D eigenvalue weighted by molar-refractivity contribution is 0.127. The third-order valence-electron chi connectivity index (χ3n) is 1.58. The molecule has 0 saturated carbocycles. The van der Waals surface area contributed by atoms with Crippen LogP contribution >= 0.6 is 0 Å². The molecule has 3 heteroatoms. The third-order valence-corrected chi connectivity index (χ3v) is 1.58. The first kappa shape index (κ1) is 9.16. The Kier molecular flexibility index (Phi) is 3.19. The highest BCUT2D eigenvalue weighted by molar-refractivity contribution is 5.15. The summed E-state index contributed by atoms with van der Waals surface area (Å²) in [6, 6.07) is 6.36. The second kappa shape index (κ2) is 4.18. The molecule has 1 rings (SSSR count). The topological polar surface area (TPSA) is 23.5 Å². The van der Waals surface area contributed by atoms with Crippen LogP contribution in [0.4, 0.5) is 4.39 Å². The molecule has 0 bridgehead atoms. The first-order chi connectivity index (χ1) is 5.72. The van der Waals surface area contributed by atoms with Crippen LogP contribution in [0.5, 0.6) is 0 Å². The van der Waals surface area contributed by atoms with Crippen molar-refractivity contribution >= 4 is 0 Å². The van der Waals surface area contributed by atoms with E-state index in [0.717, 1.165) is 5.56 Å². The minimum absolute atomic E-state index is 0.0173. The molecule has 1 N–H and O–H groups in total. The minimum Gasteiger partial charge on any atom is -0.381 e. The molecular weight excluding hydrogens is 157 g/mol. The molecule has 0 heterocycles. The highest BCUT2D eigenvalue weighted by Gasteiger charge is 1.98. The van der Waals surface area contributed by atoms with Gasteiger partial charge in [-0.05, 0) is 24.7 Å². The van der Waals surface area contributed by atoms with Gasteiger partial charge in [-0.2, -0.15) is 0 Å². The number of aliphatic hydroxyl groups excluding tert-OH is 1. The van der Waals surface area contributed by atoms with Crippen LogP contribution in [0.15, 0.2) is 24.3 Å². The Morgan fingerprint density at radius 3 is 2.83 bits per heavy atom. The van der Waals surface area contributed by atoms with E-state index in [1.54, 1.807) is 18.0 Å². The lowest BCUT2D eigenvalue weighted by Gasteiger charge is -2.12. The van der Waals surface area contributed by atoms with E-state index in [0.29, 0.717) is 6.54 Å². The van der Waals surface area contributed by atoms with E-state index in [4.69, 9.17) is 5.11 Å². The number of hydrogen-bond donors (Lipinski definition) is 1. The van der Waals surface area contributed by atoms with Crippen molar-refractivity contribution < 1.29 is 9.50 Å². The summed E-state index contributed by atoms with van der Waals surface area (Å²) in [5.41, 5.74) is 0.867. The Morgan fingerprint density at radius 1 is 1.50 bits per heavy atom. The number of hydrogen-bond acceptors (Lipinski definition) is 2. The standard InChI is InChI=1S/C9H12FNO/c1-11(7-12)6-8-3-2-4-9(10)5-8/h2-5,12H,6-7H2,1H3. The predicted molar refractivity (Wildman–Crippen MR) is 45.0 cm³/mol. The zero-order valence-corrected chi connectivity index (χ0v) is 7.00. The van der Waals surface area contributed by atoms with Crippen LogP contribution in [0.25, 0.3) is 0 Å². The summed E-state index contributed by atoms with van der Waals surface area (Å²) >= 11 is 0. The Labute approximate surface area is 71.2 Å². The molecule has 0 spiro atoms. The van der Waals surface area contributed by atoms with E-state index in [1.165, 1.54) is 12.1 Å². The number of benzene rings is 1. The number of nitrogens with zero attached hydrogens (tertiary/aromatic N) is 1. The second-order valence-electron chi connectivity index (χ2n) is 2.79. The van der Waals surface area contributed by atoms with Crippen molar-refractivity contribution in [3.05, 3.63) is 35.6 Å². The molecule has 0 aliphatic carbocycles. The summed E-state index contributed by atoms with van der Waals surface area (Å²) in [7, 11) is 1.77. The summed E-state index contributed by atoms with van der Waals surface area (Å²) in [5.74, 6) is -0.237. The maximum atomic E-state index is 12.6. The van der Waals surface area contributed by atoms with Crippen molar-refractivity contribution in [2.75, 3.05) is 13.8 Å². The molecule has 66 valence electrons. The smallest absolute Gasteiger partial charge is 0.123 e. The quantitative estimate of drug-likeness (QED) is 0.687. The fourth-order valence-corrected chi connectivity index (χ4v) is 0.997. The Balaban J connectivity index is 2.63. The molecule has 0 amide bonds. The molecule has 0 fully saturated rings. The summed E-state index contributed by atoms with van der Waals surface area (Å²) in [5, 5.41) is 8.70. The molecular formula is C9H12FNO. The van der Waals surface area contributed by atoms with Gasteiger partial charge in [-0.25, -0.2) is 4.39 Å². The van der Waals surface area contributed by atoms with Gasteiger partial charge in [-0.3, -0.25) is 4.90 Å².